The van der Waals surface area contributed by atoms with Crippen molar-refractivity contribution in [2.24, 2.45) is 11.7 Å². The van der Waals surface area contributed by atoms with Gasteiger partial charge in [0.05, 0.1) is 12.6 Å². The molecular formula is C22H32N4O8. The maximum absolute atomic E-state index is 12.5. The van der Waals surface area contributed by atoms with E-state index in [-0.39, 0.29) is 24.5 Å². The highest BCUT2D eigenvalue weighted by molar-refractivity contribution is 5.92. The van der Waals surface area contributed by atoms with Crippen LogP contribution in [0.25, 0.3) is 0 Å². The number of phenols is 1. The van der Waals surface area contributed by atoms with Crippen molar-refractivity contribution in [3.8, 4) is 5.75 Å². The summed E-state index contributed by atoms with van der Waals surface area (Å²) < 4.78 is 0. The molecule has 0 aliphatic rings. The van der Waals surface area contributed by atoms with Gasteiger partial charge in [-0.15, -0.1) is 0 Å². The third-order valence-corrected chi connectivity index (χ3v) is 5.23. The molecule has 3 amide bonds. The number of benzene rings is 1. The van der Waals surface area contributed by atoms with Crippen LogP contribution in [0.3, 0.4) is 0 Å². The number of aliphatic carboxylic acids is 2. The number of nitrogens with two attached hydrogens (primary N) is 1. The molecule has 4 atom stereocenters. The fourth-order valence-corrected chi connectivity index (χ4v) is 2.99. The number of amides is 3. The van der Waals surface area contributed by atoms with Crippen LogP contribution < -0.4 is 21.7 Å². The number of carboxylic acid groups (broad SMARTS) is 2. The molecule has 1 rings (SSSR count). The van der Waals surface area contributed by atoms with Crippen molar-refractivity contribution in [3.63, 3.8) is 0 Å². The Labute approximate surface area is 196 Å². The van der Waals surface area contributed by atoms with Gasteiger partial charge in [-0.1, -0.05) is 32.4 Å². The number of phenolic OH excluding ortho intramolecular Hbond substituents is 1. The first-order valence-electron chi connectivity index (χ1n) is 10.8. The van der Waals surface area contributed by atoms with Crippen LogP contribution in [-0.4, -0.2) is 69.7 Å². The van der Waals surface area contributed by atoms with Gasteiger partial charge in [0.2, 0.25) is 17.7 Å². The molecule has 1 aromatic rings. The molecule has 0 aromatic heterocycles. The maximum Gasteiger partial charge on any atom is 0.326 e. The molecule has 1 aromatic carbocycles. The van der Waals surface area contributed by atoms with Crippen LogP contribution in [0.15, 0.2) is 24.3 Å². The summed E-state index contributed by atoms with van der Waals surface area (Å²) in [6.07, 6.45) is -0.0524. The number of carbonyl (C=O) groups excluding carboxylic acids is 3. The van der Waals surface area contributed by atoms with Crippen LogP contribution in [0.5, 0.6) is 5.75 Å². The van der Waals surface area contributed by atoms with Crippen molar-refractivity contribution in [2.45, 2.75) is 57.7 Å². The molecule has 34 heavy (non-hydrogen) atoms. The summed E-state index contributed by atoms with van der Waals surface area (Å²) in [7, 11) is 0. The summed E-state index contributed by atoms with van der Waals surface area (Å²) in [5.41, 5.74) is 6.56. The Kier molecular flexibility index (Phi) is 11.5. The minimum Gasteiger partial charge on any atom is -0.508 e. The van der Waals surface area contributed by atoms with Crippen LogP contribution in [0, 0.1) is 5.92 Å². The zero-order valence-electron chi connectivity index (χ0n) is 19.1. The standard InChI is InChI=1S/C22H32N4O8/c1-3-12(2)19(22(33)34)26-17(28)11-24-21(32)16(8-9-18(29)30)25-20(31)15(23)10-13-4-6-14(27)7-5-13/h4-7,12,15-16,19,27H,3,8-11,23H2,1-2H3,(H,24,32)(H,25,31)(H,26,28)(H,29,30)(H,33,34)/t12-,15-,16-,19-/m0/s1. The predicted octanol–water partition coefficient (Wildman–Crippen LogP) is -0.657. The van der Waals surface area contributed by atoms with Crippen LogP contribution in [0.2, 0.25) is 0 Å². The largest absolute Gasteiger partial charge is 0.508 e. The molecule has 0 saturated carbocycles. The minimum absolute atomic E-state index is 0.0510. The van der Waals surface area contributed by atoms with Crippen LogP contribution >= 0.6 is 0 Å². The van der Waals surface area contributed by atoms with Gasteiger partial charge in [-0.05, 0) is 36.5 Å². The van der Waals surface area contributed by atoms with Crippen LogP contribution in [0.4, 0.5) is 0 Å². The number of carbonyl (C=O) groups is 5. The summed E-state index contributed by atoms with van der Waals surface area (Å²) in [5, 5.41) is 34.5. The molecule has 12 heteroatoms. The zero-order chi connectivity index (χ0) is 25.8. The van der Waals surface area contributed by atoms with Gasteiger partial charge in [0.15, 0.2) is 0 Å². The smallest absolute Gasteiger partial charge is 0.326 e. The number of aromatic hydroxyl groups is 1. The van der Waals surface area contributed by atoms with Gasteiger partial charge in [-0.2, -0.15) is 0 Å². The monoisotopic (exact) mass is 480 g/mol. The molecule has 12 nitrogen and oxygen atoms in total. The molecule has 188 valence electrons. The van der Waals surface area contributed by atoms with Crippen molar-refractivity contribution < 1.29 is 39.3 Å². The highest BCUT2D eigenvalue weighted by atomic mass is 16.4. The van der Waals surface area contributed by atoms with Crippen molar-refractivity contribution in [1.82, 2.24) is 16.0 Å². The fraction of sp³-hybridized carbons (Fsp3) is 0.500. The SMILES string of the molecule is CC[C@H](C)[C@H](NC(=O)CNC(=O)[C@H](CCC(=O)O)NC(=O)[C@@H](N)Cc1ccc(O)cc1)C(=O)O. The lowest BCUT2D eigenvalue weighted by Crippen LogP contribution is -2.54. The van der Waals surface area contributed by atoms with E-state index in [1.807, 2.05) is 0 Å². The molecule has 0 bridgehead atoms. The Balaban J connectivity index is 2.73. The maximum atomic E-state index is 12.5. The predicted molar refractivity (Wildman–Crippen MR) is 121 cm³/mol. The average Bonchev–Trinajstić information content (AvgIpc) is 2.78. The normalized spacial score (nSPS) is 14.2. The minimum atomic E-state index is -1.27. The van der Waals surface area contributed by atoms with Gasteiger partial charge in [-0.3, -0.25) is 19.2 Å². The first kappa shape index (κ1) is 28.4. The van der Waals surface area contributed by atoms with Crippen LogP contribution in [0.1, 0.15) is 38.7 Å². The Hall–Kier alpha value is -3.67. The summed E-state index contributed by atoms with van der Waals surface area (Å²) >= 11 is 0. The molecule has 0 radical (unpaired) electrons. The molecular weight excluding hydrogens is 448 g/mol. The van der Waals surface area contributed by atoms with Gasteiger partial charge in [0.25, 0.3) is 0 Å². The average molecular weight is 481 g/mol. The second kappa shape index (κ2) is 13.8. The van der Waals surface area contributed by atoms with E-state index >= 15 is 0 Å². The molecule has 0 aliphatic carbocycles. The van der Waals surface area contributed by atoms with E-state index in [4.69, 9.17) is 10.8 Å². The molecule has 0 heterocycles. The molecule has 0 unspecified atom stereocenters. The van der Waals surface area contributed by atoms with Gasteiger partial charge >= 0.3 is 11.9 Å². The number of nitrogens with one attached hydrogen (secondary N) is 3. The lowest BCUT2D eigenvalue weighted by molar-refractivity contribution is -0.143. The molecule has 0 spiro atoms. The molecule has 0 fully saturated rings. The Morgan fingerprint density at radius 3 is 2.15 bits per heavy atom. The van der Waals surface area contributed by atoms with E-state index in [9.17, 15) is 34.2 Å². The fourth-order valence-electron chi connectivity index (χ4n) is 2.99. The third kappa shape index (κ3) is 9.86. The third-order valence-electron chi connectivity index (χ3n) is 5.23. The quantitative estimate of drug-likeness (QED) is 0.180. The second-order valence-electron chi connectivity index (χ2n) is 7.96. The molecule has 8 N–H and O–H groups in total. The summed E-state index contributed by atoms with van der Waals surface area (Å²) in [6, 6.07) is 2.58. The summed E-state index contributed by atoms with van der Waals surface area (Å²) in [4.78, 5) is 59.4. The topological polar surface area (TPSA) is 208 Å². The number of carboxylic acids is 2. The number of rotatable bonds is 14. The Bertz CT molecular complexity index is 874. The van der Waals surface area contributed by atoms with Gasteiger partial charge < -0.3 is 37.0 Å². The summed E-state index contributed by atoms with van der Waals surface area (Å²) in [5.74, 6) is -4.93. The van der Waals surface area contributed by atoms with E-state index in [1.165, 1.54) is 12.1 Å². The highest BCUT2D eigenvalue weighted by Crippen LogP contribution is 2.11. The first-order chi connectivity index (χ1) is 15.9. The lowest BCUT2D eigenvalue weighted by Gasteiger charge is -2.22. The van der Waals surface area contributed by atoms with E-state index in [0.29, 0.717) is 12.0 Å². The van der Waals surface area contributed by atoms with Crippen LogP contribution in [-0.2, 0) is 30.4 Å². The first-order valence-corrected chi connectivity index (χ1v) is 10.8. The number of hydrogen-bond donors (Lipinski definition) is 7. The van der Waals surface area contributed by atoms with Crippen molar-refractivity contribution >= 4 is 29.7 Å². The Morgan fingerprint density at radius 2 is 1.62 bits per heavy atom. The molecule has 0 aliphatic heterocycles. The van der Waals surface area contributed by atoms with E-state index in [2.05, 4.69) is 16.0 Å². The molecule has 0 saturated heterocycles. The van der Waals surface area contributed by atoms with E-state index in [0.717, 1.165) is 0 Å². The van der Waals surface area contributed by atoms with Crippen molar-refractivity contribution in [1.29, 1.82) is 0 Å². The van der Waals surface area contributed by atoms with Gasteiger partial charge in [-0.25, -0.2) is 4.79 Å². The Morgan fingerprint density at radius 1 is 1.00 bits per heavy atom. The van der Waals surface area contributed by atoms with Crippen molar-refractivity contribution in [3.05, 3.63) is 29.8 Å². The van der Waals surface area contributed by atoms with Crippen molar-refractivity contribution in [2.75, 3.05) is 6.54 Å². The number of hydrogen-bond acceptors (Lipinski definition) is 7. The highest BCUT2D eigenvalue weighted by Gasteiger charge is 2.27. The van der Waals surface area contributed by atoms with E-state index < -0.39 is 60.8 Å². The zero-order valence-corrected chi connectivity index (χ0v) is 19.1. The second-order valence-corrected chi connectivity index (χ2v) is 7.96. The van der Waals surface area contributed by atoms with Gasteiger partial charge in [0, 0.05) is 6.42 Å². The lowest BCUT2D eigenvalue weighted by atomic mass is 9.99. The van der Waals surface area contributed by atoms with E-state index in [1.54, 1.807) is 26.0 Å². The summed E-state index contributed by atoms with van der Waals surface area (Å²) in [6.45, 7) is 2.88. The van der Waals surface area contributed by atoms with Gasteiger partial charge in [0.1, 0.15) is 17.8 Å².